The Kier molecular flexibility index (Phi) is 6.16. The molecular formula is C12H20N4O4S. The third kappa shape index (κ3) is 4.18. The van der Waals surface area contributed by atoms with Crippen molar-refractivity contribution in [3.63, 3.8) is 0 Å². The average molecular weight is 316 g/mol. The highest BCUT2D eigenvalue weighted by atomic mass is 32.2. The van der Waals surface area contributed by atoms with Gasteiger partial charge in [0.05, 0.1) is 0 Å². The highest BCUT2D eigenvalue weighted by Gasteiger charge is 2.34. The molecule has 1 unspecified atom stereocenters. The Bertz CT molecular complexity index is 606. The molecule has 0 bridgehead atoms. The minimum atomic E-state index is -0.926. The van der Waals surface area contributed by atoms with Crippen LogP contribution < -0.4 is 16.4 Å². The lowest BCUT2D eigenvalue weighted by molar-refractivity contribution is -0.145. The van der Waals surface area contributed by atoms with E-state index in [0.29, 0.717) is 30.2 Å². The molecule has 0 radical (unpaired) electrons. The van der Waals surface area contributed by atoms with E-state index in [4.69, 9.17) is 0 Å². The third-order valence-electron chi connectivity index (χ3n) is 3.42. The molecule has 1 aromatic rings. The van der Waals surface area contributed by atoms with Crippen molar-refractivity contribution in [3.8, 4) is 0 Å². The van der Waals surface area contributed by atoms with Crippen LogP contribution in [0, 0.1) is 0 Å². The first-order valence-corrected chi connectivity index (χ1v) is 7.57. The van der Waals surface area contributed by atoms with Crippen LogP contribution in [0.4, 0.5) is 0 Å². The van der Waals surface area contributed by atoms with Crippen LogP contribution in [-0.2, 0) is 11.8 Å². The fourth-order valence-electron chi connectivity index (χ4n) is 1.97. The van der Waals surface area contributed by atoms with E-state index in [-0.39, 0.29) is 0 Å². The molecule has 0 aliphatic carbocycles. The van der Waals surface area contributed by atoms with Crippen molar-refractivity contribution in [2.75, 3.05) is 12.8 Å². The van der Waals surface area contributed by atoms with Crippen molar-refractivity contribution in [2.45, 2.75) is 36.9 Å². The number of aromatic nitrogens is 3. The molecule has 118 valence electrons. The maximum atomic E-state index is 11.3. The van der Waals surface area contributed by atoms with E-state index in [1.165, 1.54) is 16.4 Å². The Hall–Kier alpha value is -1.61. The quantitative estimate of drug-likeness (QED) is 0.345. The van der Waals surface area contributed by atoms with Gasteiger partial charge in [-0.1, -0.05) is 18.7 Å². The number of aliphatic carboxylic acids is 1. The van der Waals surface area contributed by atoms with Crippen LogP contribution in [0.25, 0.3) is 0 Å². The molecule has 0 saturated heterocycles. The molecule has 8 nitrogen and oxygen atoms in total. The predicted octanol–water partition coefficient (Wildman–Crippen LogP) is -0.206. The summed E-state index contributed by atoms with van der Waals surface area (Å²) in [4.78, 5) is 37.3. The Morgan fingerprint density at radius 2 is 2.19 bits per heavy atom. The standard InChI is InChI=1S/C12H20N4O4S/c1-4-12(13-2,10(19)20)6-5-7-21-11-14-8(17)9(18)15-16(11)3/h13H,4-7H2,1-3H3,(H,15,18)(H,19,20). The molecule has 0 aliphatic heterocycles. The van der Waals surface area contributed by atoms with Crippen molar-refractivity contribution in [2.24, 2.45) is 7.05 Å². The molecule has 1 heterocycles. The summed E-state index contributed by atoms with van der Waals surface area (Å²) in [5.41, 5.74) is -2.50. The van der Waals surface area contributed by atoms with E-state index in [1.807, 2.05) is 6.92 Å². The molecule has 1 rings (SSSR count). The summed E-state index contributed by atoms with van der Waals surface area (Å²) in [6.07, 6.45) is 1.60. The minimum absolute atomic E-state index is 0.404. The van der Waals surface area contributed by atoms with Gasteiger partial charge in [-0.3, -0.25) is 24.2 Å². The first kappa shape index (κ1) is 17.4. The molecule has 0 amide bonds. The summed E-state index contributed by atoms with van der Waals surface area (Å²) >= 11 is 1.30. The molecule has 0 aromatic carbocycles. The summed E-state index contributed by atoms with van der Waals surface area (Å²) in [6, 6.07) is 0. The van der Waals surface area contributed by atoms with Crippen molar-refractivity contribution in [3.05, 3.63) is 20.7 Å². The number of thioether (sulfide) groups is 1. The van der Waals surface area contributed by atoms with E-state index in [0.717, 1.165) is 0 Å². The number of carboxylic acids is 1. The number of nitrogens with one attached hydrogen (secondary N) is 2. The van der Waals surface area contributed by atoms with Crippen LogP contribution >= 0.6 is 11.8 Å². The highest BCUT2D eigenvalue weighted by molar-refractivity contribution is 7.99. The molecule has 21 heavy (non-hydrogen) atoms. The fraction of sp³-hybridized carbons (Fsp3) is 0.667. The normalized spacial score (nSPS) is 13.9. The maximum absolute atomic E-state index is 11.3. The number of H-pyrrole nitrogens is 1. The van der Waals surface area contributed by atoms with E-state index in [1.54, 1.807) is 14.1 Å². The van der Waals surface area contributed by atoms with Gasteiger partial charge >= 0.3 is 17.1 Å². The van der Waals surface area contributed by atoms with Crippen LogP contribution in [0.3, 0.4) is 0 Å². The number of aromatic amines is 1. The number of nitrogens with zero attached hydrogens (tertiary/aromatic N) is 2. The Morgan fingerprint density at radius 1 is 1.52 bits per heavy atom. The van der Waals surface area contributed by atoms with Gasteiger partial charge in [0.2, 0.25) is 0 Å². The van der Waals surface area contributed by atoms with Crippen LogP contribution in [0.1, 0.15) is 26.2 Å². The Morgan fingerprint density at radius 3 is 2.71 bits per heavy atom. The number of hydrogen-bond acceptors (Lipinski definition) is 6. The molecule has 0 saturated carbocycles. The molecular weight excluding hydrogens is 296 g/mol. The maximum Gasteiger partial charge on any atom is 0.339 e. The lowest BCUT2D eigenvalue weighted by Gasteiger charge is -2.27. The van der Waals surface area contributed by atoms with Gasteiger partial charge in [0, 0.05) is 12.8 Å². The SMILES string of the molecule is CCC(CCCSc1nc(=O)c(=O)[nH]n1C)(NC)C(=O)O. The van der Waals surface area contributed by atoms with Gasteiger partial charge in [-0.15, -0.1) is 0 Å². The Labute approximate surface area is 126 Å². The number of rotatable bonds is 8. The van der Waals surface area contributed by atoms with Gasteiger partial charge in [-0.2, -0.15) is 4.98 Å². The van der Waals surface area contributed by atoms with Crippen LogP contribution in [-0.4, -0.2) is 44.2 Å². The summed E-state index contributed by atoms with van der Waals surface area (Å²) in [6.45, 7) is 1.82. The molecule has 0 spiro atoms. The lowest BCUT2D eigenvalue weighted by Crippen LogP contribution is -2.49. The van der Waals surface area contributed by atoms with Crippen molar-refractivity contribution >= 4 is 17.7 Å². The number of likely N-dealkylation sites (N-methyl/N-ethyl adjacent to an activating group) is 1. The summed E-state index contributed by atoms with van der Waals surface area (Å²) < 4.78 is 1.39. The van der Waals surface area contributed by atoms with Gasteiger partial charge < -0.3 is 10.4 Å². The first-order chi connectivity index (χ1) is 9.86. The third-order valence-corrected chi connectivity index (χ3v) is 4.53. The molecule has 9 heteroatoms. The second kappa shape index (κ2) is 7.41. The van der Waals surface area contributed by atoms with E-state index in [2.05, 4.69) is 15.4 Å². The zero-order chi connectivity index (χ0) is 16.0. The molecule has 0 aliphatic rings. The highest BCUT2D eigenvalue weighted by Crippen LogP contribution is 2.21. The number of carbonyl (C=O) groups is 1. The topological polar surface area (TPSA) is 117 Å². The van der Waals surface area contributed by atoms with Crippen LogP contribution in [0.15, 0.2) is 14.7 Å². The van der Waals surface area contributed by atoms with E-state index in [9.17, 15) is 19.5 Å². The number of hydrogen-bond donors (Lipinski definition) is 3. The van der Waals surface area contributed by atoms with Crippen molar-refractivity contribution in [1.82, 2.24) is 20.1 Å². The largest absolute Gasteiger partial charge is 0.480 e. The first-order valence-electron chi connectivity index (χ1n) is 6.58. The number of carboxylic acid groups (broad SMARTS) is 1. The zero-order valence-electron chi connectivity index (χ0n) is 12.3. The molecule has 1 aromatic heterocycles. The van der Waals surface area contributed by atoms with E-state index < -0.39 is 22.6 Å². The van der Waals surface area contributed by atoms with Crippen LogP contribution in [0.2, 0.25) is 0 Å². The second-order valence-electron chi connectivity index (χ2n) is 4.64. The van der Waals surface area contributed by atoms with Crippen molar-refractivity contribution < 1.29 is 9.90 Å². The monoisotopic (exact) mass is 316 g/mol. The van der Waals surface area contributed by atoms with Gasteiger partial charge in [0.1, 0.15) is 5.54 Å². The average Bonchev–Trinajstić information content (AvgIpc) is 2.44. The van der Waals surface area contributed by atoms with Gasteiger partial charge in [-0.25, -0.2) is 0 Å². The second-order valence-corrected chi connectivity index (χ2v) is 5.70. The van der Waals surface area contributed by atoms with Crippen molar-refractivity contribution in [1.29, 1.82) is 0 Å². The smallest absolute Gasteiger partial charge is 0.339 e. The number of aryl methyl sites for hydroxylation is 1. The lowest BCUT2D eigenvalue weighted by atomic mass is 9.91. The molecule has 0 fully saturated rings. The fourth-order valence-corrected chi connectivity index (χ4v) is 2.83. The molecule has 1 atom stereocenters. The van der Waals surface area contributed by atoms with Gasteiger partial charge in [0.25, 0.3) is 0 Å². The van der Waals surface area contributed by atoms with Gasteiger partial charge in [0.15, 0.2) is 5.16 Å². The molecule has 3 N–H and O–H groups in total. The predicted molar refractivity (Wildman–Crippen MR) is 79.8 cm³/mol. The summed E-state index contributed by atoms with van der Waals surface area (Å²) in [5, 5.41) is 14.9. The van der Waals surface area contributed by atoms with Gasteiger partial charge in [-0.05, 0) is 26.3 Å². The Balaban J connectivity index is 2.62. The van der Waals surface area contributed by atoms with Crippen LogP contribution in [0.5, 0.6) is 0 Å². The summed E-state index contributed by atoms with van der Waals surface area (Å²) in [5.74, 6) is -0.268. The minimum Gasteiger partial charge on any atom is -0.480 e. The zero-order valence-corrected chi connectivity index (χ0v) is 13.1. The van der Waals surface area contributed by atoms with E-state index >= 15 is 0 Å². The summed E-state index contributed by atoms with van der Waals surface area (Å²) in [7, 11) is 3.23.